The van der Waals surface area contributed by atoms with Gasteiger partial charge in [-0.15, -0.1) is 0 Å². The standard InChI is InChI=1S/C18H16BrNO4/c1-23-15-9-8-14(19)11-13(15)7-10-16(21)24-17(18(20)22)12-5-3-2-4-6-12/h2-11,17H,1H3,(H2,20,22)/b10-7+. The van der Waals surface area contributed by atoms with Crippen LogP contribution in [0.3, 0.4) is 0 Å². The zero-order valence-electron chi connectivity index (χ0n) is 12.9. The molecule has 24 heavy (non-hydrogen) atoms. The minimum absolute atomic E-state index is 0.520. The molecular formula is C18H16BrNO4. The summed E-state index contributed by atoms with van der Waals surface area (Å²) in [6, 6.07) is 14.0. The molecule has 0 aliphatic heterocycles. The highest BCUT2D eigenvalue weighted by Gasteiger charge is 2.21. The predicted molar refractivity (Wildman–Crippen MR) is 94.2 cm³/mol. The molecule has 0 aliphatic carbocycles. The molecule has 6 heteroatoms. The van der Waals surface area contributed by atoms with Crippen molar-refractivity contribution in [3.05, 3.63) is 70.2 Å². The Balaban J connectivity index is 2.14. The highest BCUT2D eigenvalue weighted by Crippen LogP contribution is 2.24. The number of benzene rings is 2. The molecule has 0 spiro atoms. The van der Waals surface area contributed by atoms with E-state index in [1.165, 1.54) is 13.2 Å². The lowest BCUT2D eigenvalue weighted by Gasteiger charge is -2.13. The van der Waals surface area contributed by atoms with E-state index in [9.17, 15) is 9.59 Å². The van der Waals surface area contributed by atoms with E-state index < -0.39 is 18.0 Å². The lowest BCUT2D eigenvalue weighted by atomic mass is 10.1. The number of carbonyl (C=O) groups is 2. The number of ether oxygens (including phenoxy) is 2. The number of amides is 1. The van der Waals surface area contributed by atoms with E-state index in [1.807, 2.05) is 6.07 Å². The van der Waals surface area contributed by atoms with Crippen molar-refractivity contribution in [3.8, 4) is 5.75 Å². The molecule has 0 aromatic heterocycles. The highest BCUT2D eigenvalue weighted by molar-refractivity contribution is 9.10. The summed E-state index contributed by atoms with van der Waals surface area (Å²) in [5.41, 5.74) is 6.54. The summed E-state index contributed by atoms with van der Waals surface area (Å²) in [7, 11) is 1.54. The quantitative estimate of drug-likeness (QED) is 0.607. The maximum Gasteiger partial charge on any atom is 0.331 e. The van der Waals surface area contributed by atoms with Gasteiger partial charge in [-0.25, -0.2) is 4.79 Å². The molecule has 5 nitrogen and oxygen atoms in total. The third-order valence-electron chi connectivity index (χ3n) is 3.19. The van der Waals surface area contributed by atoms with E-state index in [0.717, 1.165) is 4.47 Å². The van der Waals surface area contributed by atoms with Gasteiger partial charge in [0.05, 0.1) is 7.11 Å². The van der Waals surface area contributed by atoms with Crippen molar-refractivity contribution in [2.45, 2.75) is 6.10 Å². The second-order valence-electron chi connectivity index (χ2n) is 4.85. The number of esters is 1. The van der Waals surface area contributed by atoms with E-state index in [-0.39, 0.29) is 0 Å². The topological polar surface area (TPSA) is 78.6 Å². The van der Waals surface area contributed by atoms with Crippen LogP contribution in [-0.4, -0.2) is 19.0 Å². The molecule has 1 unspecified atom stereocenters. The number of hydrogen-bond acceptors (Lipinski definition) is 4. The molecule has 0 radical (unpaired) electrons. The number of halogens is 1. The summed E-state index contributed by atoms with van der Waals surface area (Å²) in [4.78, 5) is 23.6. The maximum absolute atomic E-state index is 12.0. The summed E-state index contributed by atoms with van der Waals surface area (Å²) in [6.07, 6.45) is 1.64. The first-order valence-electron chi connectivity index (χ1n) is 7.07. The largest absolute Gasteiger partial charge is 0.496 e. The zero-order chi connectivity index (χ0) is 17.5. The molecule has 2 N–H and O–H groups in total. The van der Waals surface area contributed by atoms with Gasteiger partial charge < -0.3 is 15.2 Å². The molecule has 124 valence electrons. The lowest BCUT2D eigenvalue weighted by Crippen LogP contribution is -2.25. The van der Waals surface area contributed by atoms with Crippen LogP contribution in [0, 0.1) is 0 Å². The molecule has 0 heterocycles. The van der Waals surface area contributed by atoms with Gasteiger partial charge in [0.25, 0.3) is 5.91 Å². The molecule has 0 fully saturated rings. The van der Waals surface area contributed by atoms with Crippen LogP contribution in [-0.2, 0) is 14.3 Å². The van der Waals surface area contributed by atoms with Gasteiger partial charge in [-0.2, -0.15) is 0 Å². The Hall–Kier alpha value is -2.60. The van der Waals surface area contributed by atoms with E-state index in [0.29, 0.717) is 16.9 Å². The zero-order valence-corrected chi connectivity index (χ0v) is 14.5. The average molecular weight is 390 g/mol. The van der Waals surface area contributed by atoms with Crippen molar-refractivity contribution in [2.75, 3.05) is 7.11 Å². The fourth-order valence-electron chi connectivity index (χ4n) is 2.07. The van der Waals surface area contributed by atoms with Gasteiger partial charge in [-0.05, 0) is 24.3 Å². The third kappa shape index (κ3) is 4.70. The predicted octanol–water partition coefficient (Wildman–Crippen LogP) is 3.24. The second-order valence-corrected chi connectivity index (χ2v) is 5.77. The van der Waals surface area contributed by atoms with Crippen LogP contribution >= 0.6 is 15.9 Å². The Bertz CT molecular complexity index is 759. The Morgan fingerprint density at radius 3 is 2.50 bits per heavy atom. The molecule has 1 amide bonds. The highest BCUT2D eigenvalue weighted by atomic mass is 79.9. The molecular weight excluding hydrogens is 374 g/mol. The van der Waals surface area contributed by atoms with E-state index in [1.54, 1.807) is 48.5 Å². The molecule has 0 aliphatic rings. The van der Waals surface area contributed by atoms with Crippen LogP contribution in [0.1, 0.15) is 17.2 Å². The Kier molecular flexibility index (Phi) is 6.14. The number of hydrogen-bond donors (Lipinski definition) is 1. The summed E-state index contributed by atoms with van der Waals surface area (Å²) >= 11 is 3.36. The molecule has 2 aromatic rings. The number of methoxy groups -OCH3 is 1. The first-order valence-corrected chi connectivity index (χ1v) is 7.87. The number of carbonyl (C=O) groups excluding carboxylic acids is 2. The summed E-state index contributed by atoms with van der Waals surface area (Å²) in [6.45, 7) is 0. The summed E-state index contributed by atoms with van der Waals surface area (Å²) < 4.78 is 11.2. The molecule has 0 saturated carbocycles. The second kappa shape index (κ2) is 8.31. The van der Waals surface area contributed by atoms with Gasteiger partial charge in [0, 0.05) is 21.7 Å². The van der Waals surface area contributed by atoms with Crippen molar-refractivity contribution in [1.29, 1.82) is 0 Å². The van der Waals surface area contributed by atoms with Crippen LogP contribution in [0.15, 0.2) is 59.1 Å². The number of nitrogens with two attached hydrogens (primary N) is 1. The third-order valence-corrected chi connectivity index (χ3v) is 3.68. The van der Waals surface area contributed by atoms with Gasteiger partial charge in [0.2, 0.25) is 6.10 Å². The van der Waals surface area contributed by atoms with Gasteiger partial charge in [-0.1, -0.05) is 46.3 Å². The summed E-state index contributed by atoms with van der Waals surface area (Å²) in [5, 5.41) is 0. The fraction of sp³-hybridized carbons (Fsp3) is 0.111. The smallest absolute Gasteiger partial charge is 0.331 e. The fourth-order valence-corrected chi connectivity index (χ4v) is 2.45. The number of rotatable bonds is 6. The molecule has 0 bridgehead atoms. The van der Waals surface area contributed by atoms with Crippen LogP contribution in [0.4, 0.5) is 0 Å². The SMILES string of the molecule is COc1ccc(Br)cc1/C=C/C(=O)OC(C(N)=O)c1ccccc1. The first kappa shape index (κ1) is 17.7. The van der Waals surface area contributed by atoms with Crippen molar-refractivity contribution in [3.63, 3.8) is 0 Å². The van der Waals surface area contributed by atoms with Crippen LogP contribution < -0.4 is 10.5 Å². The van der Waals surface area contributed by atoms with Gasteiger partial charge in [-0.3, -0.25) is 4.79 Å². The van der Waals surface area contributed by atoms with E-state index >= 15 is 0 Å². The lowest BCUT2D eigenvalue weighted by molar-refractivity contribution is -0.150. The first-order chi connectivity index (χ1) is 11.5. The monoisotopic (exact) mass is 389 g/mol. The van der Waals surface area contributed by atoms with Crippen LogP contribution in [0.5, 0.6) is 5.75 Å². The van der Waals surface area contributed by atoms with Crippen molar-refractivity contribution in [1.82, 2.24) is 0 Å². The maximum atomic E-state index is 12.0. The molecule has 1 atom stereocenters. The minimum atomic E-state index is -1.13. The number of primary amides is 1. The summed E-state index contributed by atoms with van der Waals surface area (Å²) in [5.74, 6) is -0.801. The van der Waals surface area contributed by atoms with Crippen LogP contribution in [0.25, 0.3) is 6.08 Å². The molecule has 2 rings (SSSR count). The Morgan fingerprint density at radius 2 is 1.88 bits per heavy atom. The average Bonchev–Trinajstić information content (AvgIpc) is 2.58. The van der Waals surface area contributed by atoms with Crippen LogP contribution in [0.2, 0.25) is 0 Å². The molecule has 0 saturated heterocycles. The van der Waals surface area contributed by atoms with Gasteiger partial charge in [0.15, 0.2) is 0 Å². The van der Waals surface area contributed by atoms with Crippen molar-refractivity contribution in [2.24, 2.45) is 5.73 Å². The van der Waals surface area contributed by atoms with Crippen molar-refractivity contribution < 1.29 is 19.1 Å². The Labute approximate surface area is 148 Å². The van der Waals surface area contributed by atoms with E-state index in [4.69, 9.17) is 15.2 Å². The van der Waals surface area contributed by atoms with Gasteiger partial charge >= 0.3 is 5.97 Å². The normalized spacial score (nSPS) is 11.9. The molecule has 2 aromatic carbocycles. The van der Waals surface area contributed by atoms with Gasteiger partial charge in [0.1, 0.15) is 5.75 Å². The Morgan fingerprint density at radius 1 is 1.17 bits per heavy atom. The van der Waals surface area contributed by atoms with Crippen molar-refractivity contribution >= 4 is 33.9 Å². The van der Waals surface area contributed by atoms with E-state index in [2.05, 4.69) is 15.9 Å². The minimum Gasteiger partial charge on any atom is -0.496 e.